The number of aliphatic imine (C=N–C) groups is 1. The summed E-state index contributed by atoms with van der Waals surface area (Å²) in [6, 6.07) is 48.8. The van der Waals surface area contributed by atoms with Crippen molar-refractivity contribution in [2.75, 3.05) is 5.32 Å². The molecule has 192 valence electrons. The molecule has 5 nitrogen and oxygen atoms in total. The second kappa shape index (κ2) is 9.71. The number of carbonyl (C=O) groups excluding carboxylic acids is 1. The fourth-order valence-corrected chi connectivity index (χ4v) is 9.91. The molecule has 0 saturated heterocycles. The van der Waals surface area contributed by atoms with Gasteiger partial charge in [0, 0.05) is 18.1 Å². The molecule has 0 aromatic heterocycles. The number of nitrogens with zero attached hydrogens (tertiary/aromatic N) is 3. The third-order valence-corrected chi connectivity index (χ3v) is 11.6. The average molecular weight is 537 g/mol. The summed E-state index contributed by atoms with van der Waals surface area (Å²) in [5, 5.41) is 16.3. The van der Waals surface area contributed by atoms with Gasteiger partial charge in [0.2, 0.25) is 5.54 Å². The van der Waals surface area contributed by atoms with Gasteiger partial charge in [-0.05, 0) is 34.1 Å². The smallest absolute Gasteiger partial charge is 0.265 e. The van der Waals surface area contributed by atoms with E-state index in [9.17, 15) is 4.79 Å². The predicted octanol–water partition coefficient (Wildman–Crippen LogP) is 6.20. The number of anilines is 1. The number of hydrogen-bond donors (Lipinski definition) is 1. The van der Waals surface area contributed by atoms with Crippen molar-refractivity contribution in [1.29, 1.82) is 0 Å². The van der Waals surface area contributed by atoms with Crippen LogP contribution >= 0.6 is 6.89 Å². The molecule has 1 unspecified atom stereocenters. The van der Waals surface area contributed by atoms with E-state index < -0.39 is 12.4 Å². The highest BCUT2D eigenvalue weighted by Crippen LogP contribution is 2.53. The Bertz CT molecular complexity index is 1730. The maximum atomic E-state index is 14.0. The average Bonchev–Trinajstić information content (AvgIpc) is 3.53. The Hall–Kier alpha value is -4.86. The molecule has 1 N–H and O–H groups in total. The van der Waals surface area contributed by atoms with E-state index in [0.29, 0.717) is 5.71 Å². The molecule has 0 bridgehead atoms. The Kier molecular flexibility index (Phi) is 5.87. The lowest BCUT2D eigenvalue weighted by molar-refractivity contribution is -0.118. The van der Waals surface area contributed by atoms with Crippen molar-refractivity contribution >= 4 is 51.2 Å². The van der Waals surface area contributed by atoms with Gasteiger partial charge < -0.3 is 5.32 Å². The molecule has 2 aliphatic heterocycles. The zero-order valence-corrected chi connectivity index (χ0v) is 22.4. The first-order valence-corrected chi connectivity index (χ1v) is 15.0. The number of carbonyl (C=O) groups is 1. The van der Waals surface area contributed by atoms with Gasteiger partial charge in [-0.15, -0.1) is 0 Å². The van der Waals surface area contributed by atoms with E-state index in [1.807, 2.05) is 72.8 Å². The number of hydrogen-bond acceptors (Lipinski definition) is 3. The molecular formula is C34H25N4OP. The van der Waals surface area contributed by atoms with Gasteiger partial charge in [0.05, 0.1) is 5.69 Å². The Balaban J connectivity index is 1.69. The first-order chi connectivity index (χ1) is 19.7. The van der Waals surface area contributed by atoms with Gasteiger partial charge in [-0.2, -0.15) is 10.2 Å². The lowest BCUT2D eigenvalue weighted by Crippen LogP contribution is -2.42. The van der Waals surface area contributed by atoms with Gasteiger partial charge in [-0.3, -0.25) is 4.79 Å². The molecule has 0 aliphatic carbocycles. The van der Waals surface area contributed by atoms with Crippen LogP contribution in [0.3, 0.4) is 0 Å². The summed E-state index contributed by atoms with van der Waals surface area (Å²) in [5.41, 5.74) is 2.15. The fraction of sp³-hybridized carbons (Fsp3) is 0.0294. The van der Waals surface area contributed by atoms with Crippen LogP contribution in [0.4, 0.5) is 11.4 Å². The van der Waals surface area contributed by atoms with E-state index in [2.05, 4.69) is 78.1 Å². The van der Waals surface area contributed by atoms with Gasteiger partial charge in [0.1, 0.15) is 11.1 Å². The monoisotopic (exact) mass is 536 g/mol. The maximum absolute atomic E-state index is 14.0. The van der Waals surface area contributed by atoms with Gasteiger partial charge in [0.25, 0.3) is 5.91 Å². The summed E-state index contributed by atoms with van der Waals surface area (Å²) in [4.78, 5) is 19.2. The first-order valence-electron chi connectivity index (χ1n) is 13.2. The van der Waals surface area contributed by atoms with Crippen LogP contribution in [0.25, 0.3) is 0 Å². The van der Waals surface area contributed by atoms with Crippen LogP contribution in [-0.2, 0) is 10.3 Å². The largest absolute Gasteiger partial charge is 0.323 e. The lowest BCUT2D eigenvalue weighted by atomic mass is 9.87. The highest BCUT2D eigenvalue weighted by molar-refractivity contribution is 7.96. The topological polar surface area (TPSA) is 66.2 Å². The number of para-hydroxylation sites is 2. The van der Waals surface area contributed by atoms with E-state index in [1.54, 1.807) is 0 Å². The van der Waals surface area contributed by atoms with Crippen molar-refractivity contribution < 1.29 is 4.79 Å². The second-order valence-electron chi connectivity index (χ2n) is 9.71. The highest BCUT2D eigenvalue weighted by atomic mass is 31.2. The number of rotatable bonds is 4. The van der Waals surface area contributed by atoms with Gasteiger partial charge in [0.15, 0.2) is 0 Å². The molecule has 0 radical (unpaired) electrons. The Morgan fingerprint density at radius 2 is 1.07 bits per heavy atom. The highest BCUT2D eigenvalue weighted by Gasteiger charge is 2.57. The molecule has 5 aromatic carbocycles. The number of benzene rings is 5. The molecule has 7 rings (SSSR count). The lowest BCUT2D eigenvalue weighted by Gasteiger charge is -2.31. The SMILES string of the molecule is O=C1Nc2ccccc2C12N=NC(=P(c1ccccc1)(c1ccccc1)c1ccccc1)C2=Nc1ccccc1. The van der Waals surface area contributed by atoms with Crippen LogP contribution in [0, 0.1) is 0 Å². The van der Waals surface area contributed by atoms with Crippen molar-refractivity contribution in [1.82, 2.24) is 0 Å². The Labute approximate surface area is 233 Å². The second-order valence-corrected chi connectivity index (χ2v) is 13.0. The van der Waals surface area contributed by atoms with Crippen molar-refractivity contribution in [3.05, 3.63) is 151 Å². The summed E-state index contributed by atoms with van der Waals surface area (Å²) < 4.78 is 0. The van der Waals surface area contributed by atoms with Crippen LogP contribution in [0.2, 0.25) is 0 Å². The van der Waals surface area contributed by atoms with Crippen LogP contribution < -0.4 is 21.2 Å². The number of amides is 1. The van der Waals surface area contributed by atoms with Gasteiger partial charge in [-0.25, -0.2) is 4.99 Å². The third kappa shape index (κ3) is 3.55. The molecule has 1 spiro atoms. The zero-order valence-electron chi connectivity index (χ0n) is 21.6. The first kappa shape index (κ1) is 24.2. The molecule has 2 aliphatic rings. The zero-order chi connectivity index (χ0) is 27.0. The molecule has 0 saturated carbocycles. The van der Waals surface area contributed by atoms with Crippen LogP contribution in [0.5, 0.6) is 0 Å². The fourth-order valence-electron chi connectivity index (χ4n) is 5.71. The van der Waals surface area contributed by atoms with E-state index >= 15 is 0 Å². The maximum Gasteiger partial charge on any atom is 0.265 e. The predicted molar refractivity (Wildman–Crippen MR) is 165 cm³/mol. The molecule has 6 heteroatoms. The third-order valence-electron chi connectivity index (χ3n) is 7.49. The van der Waals surface area contributed by atoms with Gasteiger partial charge >= 0.3 is 0 Å². The van der Waals surface area contributed by atoms with E-state index in [-0.39, 0.29) is 5.91 Å². The summed E-state index contributed by atoms with van der Waals surface area (Å²) >= 11 is 0. The van der Waals surface area contributed by atoms with Gasteiger partial charge in [-0.1, -0.05) is 127 Å². The van der Waals surface area contributed by atoms with E-state index in [0.717, 1.165) is 38.3 Å². The van der Waals surface area contributed by atoms with Crippen LogP contribution in [-0.4, -0.2) is 17.0 Å². The van der Waals surface area contributed by atoms with Crippen LogP contribution in [0.1, 0.15) is 5.56 Å². The molecular weight excluding hydrogens is 511 g/mol. The number of fused-ring (bicyclic) bond motifs is 2. The summed E-state index contributed by atoms with van der Waals surface area (Å²) in [6.45, 7) is -2.67. The Morgan fingerprint density at radius 3 is 1.62 bits per heavy atom. The van der Waals surface area contributed by atoms with E-state index in [4.69, 9.17) is 15.2 Å². The molecule has 5 aromatic rings. The Morgan fingerprint density at radius 1 is 0.600 bits per heavy atom. The van der Waals surface area contributed by atoms with Crippen LogP contribution in [0.15, 0.2) is 161 Å². The van der Waals surface area contributed by atoms with Crippen molar-refractivity contribution in [3.63, 3.8) is 0 Å². The number of nitrogens with one attached hydrogen (secondary N) is 1. The molecule has 1 amide bonds. The van der Waals surface area contributed by atoms with E-state index in [1.165, 1.54) is 0 Å². The van der Waals surface area contributed by atoms with Crippen molar-refractivity contribution in [3.8, 4) is 0 Å². The van der Waals surface area contributed by atoms with Crippen molar-refractivity contribution in [2.24, 2.45) is 15.2 Å². The summed E-state index contributed by atoms with van der Waals surface area (Å²) in [6.07, 6.45) is 0. The standard InChI is InChI=1S/C34H25N4OP/c39-33-34(29-23-13-14-24-30(29)36-33)31(35-25-15-5-1-6-16-25)32(37-38-34)40(26-17-7-2-8-18-26,27-19-9-3-10-20-27)28-21-11-4-12-22-28/h1-24H,(H,36,39). The quantitative estimate of drug-likeness (QED) is 0.273. The normalized spacial score (nSPS) is 18.8. The molecule has 1 atom stereocenters. The van der Waals surface area contributed by atoms with Crippen molar-refractivity contribution in [2.45, 2.75) is 5.54 Å². The minimum atomic E-state index is -2.67. The number of azo groups is 1. The molecule has 40 heavy (non-hydrogen) atoms. The minimum absolute atomic E-state index is 0.241. The summed E-state index contributed by atoms with van der Waals surface area (Å²) in [7, 11) is 0. The molecule has 2 heterocycles. The summed E-state index contributed by atoms with van der Waals surface area (Å²) in [5.74, 6) is -0.241. The molecule has 0 fully saturated rings. The minimum Gasteiger partial charge on any atom is -0.323 e.